The van der Waals surface area contributed by atoms with E-state index in [0.29, 0.717) is 13.0 Å². The van der Waals surface area contributed by atoms with E-state index in [1.807, 2.05) is 31.2 Å². The second-order valence-electron chi connectivity index (χ2n) is 4.72. The first-order valence-electron chi connectivity index (χ1n) is 6.19. The number of carboxylic acid groups (broad SMARTS) is 1. The van der Waals surface area contributed by atoms with Gasteiger partial charge >= 0.3 is 5.97 Å². The van der Waals surface area contributed by atoms with Crippen molar-refractivity contribution in [1.82, 2.24) is 5.32 Å². The Hall–Kier alpha value is -1.39. The zero-order valence-corrected chi connectivity index (χ0v) is 10.9. The van der Waals surface area contributed by atoms with Crippen molar-refractivity contribution >= 4 is 5.97 Å². The second kappa shape index (κ2) is 6.52. The number of aliphatic hydroxyl groups is 1. The molecule has 0 saturated carbocycles. The third-order valence-corrected chi connectivity index (χ3v) is 3.11. The van der Waals surface area contributed by atoms with Crippen LogP contribution in [0.5, 0.6) is 0 Å². The molecule has 0 radical (unpaired) electrons. The summed E-state index contributed by atoms with van der Waals surface area (Å²) in [6.07, 6.45) is 1.41. The van der Waals surface area contributed by atoms with Crippen molar-refractivity contribution in [1.29, 1.82) is 0 Å². The van der Waals surface area contributed by atoms with E-state index < -0.39 is 11.5 Å². The average molecular weight is 251 g/mol. The zero-order valence-electron chi connectivity index (χ0n) is 10.9. The van der Waals surface area contributed by atoms with E-state index in [4.69, 9.17) is 5.11 Å². The molecule has 0 aliphatic carbocycles. The highest BCUT2D eigenvalue weighted by Gasteiger charge is 2.31. The molecule has 3 N–H and O–H groups in total. The molecule has 1 aromatic rings. The summed E-state index contributed by atoms with van der Waals surface area (Å²) in [5, 5.41) is 21.3. The number of aliphatic carboxylic acids is 1. The molecule has 4 nitrogen and oxygen atoms in total. The smallest absolute Gasteiger partial charge is 0.323 e. The Balaban J connectivity index is 2.64. The van der Waals surface area contributed by atoms with Gasteiger partial charge in [-0.1, -0.05) is 37.6 Å². The van der Waals surface area contributed by atoms with Crippen LogP contribution in [-0.2, 0) is 17.9 Å². The molecule has 0 aliphatic rings. The van der Waals surface area contributed by atoms with E-state index >= 15 is 0 Å². The van der Waals surface area contributed by atoms with Crippen LogP contribution in [-0.4, -0.2) is 21.7 Å². The fourth-order valence-corrected chi connectivity index (χ4v) is 1.83. The molecule has 0 aromatic heterocycles. The van der Waals surface area contributed by atoms with Crippen LogP contribution in [0.3, 0.4) is 0 Å². The van der Waals surface area contributed by atoms with Crippen molar-refractivity contribution in [2.75, 3.05) is 0 Å². The summed E-state index contributed by atoms with van der Waals surface area (Å²) in [5.41, 5.74) is 0.980. The topological polar surface area (TPSA) is 69.6 Å². The Bertz CT molecular complexity index is 389. The van der Waals surface area contributed by atoms with E-state index in [0.717, 1.165) is 17.5 Å². The van der Waals surface area contributed by atoms with Gasteiger partial charge < -0.3 is 10.2 Å². The minimum atomic E-state index is -0.885. The van der Waals surface area contributed by atoms with Gasteiger partial charge in [-0.2, -0.15) is 0 Å². The predicted octanol–water partition coefficient (Wildman–Crippen LogP) is 1.91. The van der Waals surface area contributed by atoms with Gasteiger partial charge in [0.1, 0.15) is 5.54 Å². The zero-order chi connectivity index (χ0) is 13.6. The van der Waals surface area contributed by atoms with Gasteiger partial charge in [0.2, 0.25) is 0 Å². The van der Waals surface area contributed by atoms with Crippen molar-refractivity contribution in [3.8, 4) is 0 Å². The summed E-state index contributed by atoms with van der Waals surface area (Å²) in [5.74, 6) is -0.823. The molecule has 1 atom stereocenters. The van der Waals surface area contributed by atoms with E-state index in [1.54, 1.807) is 6.92 Å². The summed E-state index contributed by atoms with van der Waals surface area (Å²) < 4.78 is 0. The number of benzene rings is 1. The largest absolute Gasteiger partial charge is 0.480 e. The molecule has 100 valence electrons. The van der Waals surface area contributed by atoms with E-state index in [2.05, 4.69) is 5.32 Å². The number of nitrogens with one attached hydrogen (secondary N) is 1. The molecule has 0 bridgehead atoms. The lowest BCUT2D eigenvalue weighted by atomic mass is 9.96. The molecule has 0 fully saturated rings. The minimum absolute atomic E-state index is 0.0242. The monoisotopic (exact) mass is 251 g/mol. The first-order chi connectivity index (χ1) is 8.51. The molecule has 0 amide bonds. The Morgan fingerprint density at radius 1 is 1.28 bits per heavy atom. The lowest BCUT2D eigenvalue weighted by Crippen LogP contribution is -2.48. The summed E-state index contributed by atoms with van der Waals surface area (Å²) in [6.45, 7) is 4.21. The number of rotatable bonds is 7. The molecular formula is C14H21NO3. The van der Waals surface area contributed by atoms with Crippen molar-refractivity contribution in [2.24, 2.45) is 0 Å². The third kappa shape index (κ3) is 3.82. The van der Waals surface area contributed by atoms with Crippen LogP contribution >= 0.6 is 0 Å². The molecule has 1 aromatic carbocycles. The number of carbonyl (C=O) groups is 1. The van der Waals surface area contributed by atoms with E-state index in [-0.39, 0.29) is 6.61 Å². The van der Waals surface area contributed by atoms with Crippen LogP contribution in [0.2, 0.25) is 0 Å². The lowest BCUT2D eigenvalue weighted by molar-refractivity contribution is -0.144. The number of hydrogen-bond donors (Lipinski definition) is 3. The fourth-order valence-electron chi connectivity index (χ4n) is 1.83. The second-order valence-corrected chi connectivity index (χ2v) is 4.72. The minimum Gasteiger partial charge on any atom is -0.480 e. The van der Waals surface area contributed by atoms with E-state index in [1.165, 1.54) is 0 Å². The van der Waals surface area contributed by atoms with Gasteiger partial charge in [-0.05, 0) is 24.5 Å². The summed E-state index contributed by atoms with van der Waals surface area (Å²) in [7, 11) is 0. The first-order valence-corrected chi connectivity index (χ1v) is 6.19. The molecule has 1 rings (SSSR count). The molecule has 0 spiro atoms. The molecule has 18 heavy (non-hydrogen) atoms. The maximum Gasteiger partial charge on any atom is 0.323 e. The lowest BCUT2D eigenvalue weighted by Gasteiger charge is -2.26. The van der Waals surface area contributed by atoms with Crippen molar-refractivity contribution in [3.05, 3.63) is 35.4 Å². The van der Waals surface area contributed by atoms with Gasteiger partial charge in [-0.15, -0.1) is 0 Å². The standard InChI is InChI=1S/C14H21NO3/c1-3-8-14(2,13(17)18)15-9-11-4-6-12(10-16)7-5-11/h4-7,15-16H,3,8-10H2,1-2H3,(H,17,18). The molecule has 0 heterocycles. The highest BCUT2D eigenvalue weighted by Crippen LogP contribution is 2.14. The predicted molar refractivity (Wildman–Crippen MR) is 70.2 cm³/mol. The maximum atomic E-state index is 11.2. The summed E-state index contributed by atoms with van der Waals surface area (Å²) in [6, 6.07) is 7.48. The van der Waals surface area contributed by atoms with Gasteiger partial charge in [0, 0.05) is 6.54 Å². The summed E-state index contributed by atoms with van der Waals surface area (Å²) >= 11 is 0. The molecule has 0 saturated heterocycles. The van der Waals surface area contributed by atoms with Gasteiger partial charge in [0.05, 0.1) is 6.61 Å². The highest BCUT2D eigenvalue weighted by atomic mass is 16.4. The van der Waals surface area contributed by atoms with Crippen molar-refractivity contribution in [2.45, 2.75) is 45.4 Å². The van der Waals surface area contributed by atoms with Crippen LogP contribution < -0.4 is 5.32 Å². The number of carboxylic acids is 1. The highest BCUT2D eigenvalue weighted by molar-refractivity contribution is 5.78. The Morgan fingerprint density at radius 2 is 1.83 bits per heavy atom. The molecular weight excluding hydrogens is 230 g/mol. The SMILES string of the molecule is CCCC(C)(NCc1ccc(CO)cc1)C(=O)O. The van der Waals surface area contributed by atoms with Crippen LogP contribution in [0.1, 0.15) is 37.8 Å². The van der Waals surface area contributed by atoms with Crippen LogP contribution in [0, 0.1) is 0 Å². The van der Waals surface area contributed by atoms with Crippen molar-refractivity contribution < 1.29 is 15.0 Å². The number of hydrogen-bond acceptors (Lipinski definition) is 3. The average Bonchev–Trinajstić information content (AvgIpc) is 2.37. The quantitative estimate of drug-likeness (QED) is 0.692. The van der Waals surface area contributed by atoms with Gasteiger partial charge in [-0.3, -0.25) is 10.1 Å². The van der Waals surface area contributed by atoms with Crippen LogP contribution in [0.25, 0.3) is 0 Å². The Kier molecular flexibility index (Phi) is 5.31. The molecule has 0 aliphatic heterocycles. The fraction of sp³-hybridized carbons (Fsp3) is 0.500. The van der Waals surface area contributed by atoms with E-state index in [9.17, 15) is 9.90 Å². The van der Waals surface area contributed by atoms with Gasteiger partial charge in [-0.25, -0.2) is 0 Å². The van der Waals surface area contributed by atoms with Crippen LogP contribution in [0.4, 0.5) is 0 Å². The Labute approximate surface area is 108 Å². The van der Waals surface area contributed by atoms with Crippen LogP contribution in [0.15, 0.2) is 24.3 Å². The number of aliphatic hydroxyl groups excluding tert-OH is 1. The Morgan fingerprint density at radius 3 is 2.28 bits per heavy atom. The normalized spacial score (nSPS) is 14.2. The first kappa shape index (κ1) is 14.7. The third-order valence-electron chi connectivity index (χ3n) is 3.11. The van der Waals surface area contributed by atoms with Gasteiger partial charge in [0.15, 0.2) is 0 Å². The maximum absolute atomic E-state index is 11.2. The molecule has 4 heteroatoms. The van der Waals surface area contributed by atoms with Gasteiger partial charge in [0.25, 0.3) is 0 Å². The summed E-state index contributed by atoms with van der Waals surface area (Å²) in [4.78, 5) is 11.2. The van der Waals surface area contributed by atoms with Crippen molar-refractivity contribution in [3.63, 3.8) is 0 Å². The molecule has 1 unspecified atom stereocenters.